The van der Waals surface area contributed by atoms with E-state index in [2.05, 4.69) is 4.74 Å². The zero-order chi connectivity index (χ0) is 7.44. The molecule has 0 saturated carbocycles. The van der Waals surface area contributed by atoms with Crippen LogP contribution >= 0.6 is 0 Å². The molecule has 0 saturated heterocycles. The number of carbonyl (C=O) groups is 1. The number of methoxy groups -OCH3 is 1. The van der Waals surface area contributed by atoms with Crippen LogP contribution in [0.25, 0.3) is 0 Å². The molecule has 0 aliphatic carbocycles. The van der Waals surface area contributed by atoms with Gasteiger partial charge in [-0.3, -0.25) is 0 Å². The van der Waals surface area contributed by atoms with E-state index in [4.69, 9.17) is 5.11 Å². The number of aliphatic hydroxyl groups is 1. The standard InChI is InChI=1S/C5H9FO3/c1-3(7)4(6)5(8)9-2/h3-4,7H,1-2H3. The second-order valence-electron chi connectivity index (χ2n) is 1.67. The van der Waals surface area contributed by atoms with E-state index >= 15 is 0 Å². The molecule has 1 N–H and O–H groups in total. The Morgan fingerprint density at radius 1 is 1.78 bits per heavy atom. The highest BCUT2D eigenvalue weighted by Gasteiger charge is 2.22. The van der Waals surface area contributed by atoms with Crippen molar-refractivity contribution in [2.45, 2.75) is 19.2 Å². The number of halogens is 1. The highest BCUT2D eigenvalue weighted by Crippen LogP contribution is 1.99. The molecule has 0 aliphatic rings. The van der Waals surface area contributed by atoms with Crippen molar-refractivity contribution in [2.24, 2.45) is 0 Å². The topological polar surface area (TPSA) is 46.5 Å². The van der Waals surface area contributed by atoms with E-state index in [0.29, 0.717) is 0 Å². The first-order chi connectivity index (χ1) is 4.09. The summed E-state index contributed by atoms with van der Waals surface area (Å²) in [6, 6.07) is 0. The van der Waals surface area contributed by atoms with Crippen molar-refractivity contribution in [3.05, 3.63) is 0 Å². The smallest absolute Gasteiger partial charge is 0.343 e. The highest BCUT2D eigenvalue weighted by atomic mass is 19.1. The second kappa shape index (κ2) is 3.40. The summed E-state index contributed by atoms with van der Waals surface area (Å²) in [7, 11) is 1.07. The lowest BCUT2D eigenvalue weighted by atomic mass is 10.2. The number of carbonyl (C=O) groups excluding carboxylic acids is 1. The predicted molar refractivity (Wildman–Crippen MR) is 28.6 cm³/mol. The molecule has 0 aliphatic heterocycles. The van der Waals surface area contributed by atoms with Gasteiger partial charge in [-0.1, -0.05) is 0 Å². The molecule has 0 aromatic carbocycles. The summed E-state index contributed by atoms with van der Waals surface area (Å²) in [5.74, 6) is -1.04. The van der Waals surface area contributed by atoms with Crippen molar-refractivity contribution in [2.75, 3.05) is 7.11 Å². The molecule has 54 valence electrons. The van der Waals surface area contributed by atoms with Gasteiger partial charge in [0.1, 0.15) is 0 Å². The largest absolute Gasteiger partial charge is 0.467 e. The molecular weight excluding hydrogens is 127 g/mol. The maximum Gasteiger partial charge on any atom is 0.343 e. The minimum atomic E-state index is -1.92. The predicted octanol–water partition coefficient (Wildman–Crippen LogP) is -0.122. The van der Waals surface area contributed by atoms with Crippen LogP contribution in [0.2, 0.25) is 0 Å². The van der Waals surface area contributed by atoms with Crippen molar-refractivity contribution in [1.82, 2.24) is 0 Å². The quantitative estimate of drug-likeness (QED) is 0.538. The van der Waals surface area contributed by atoms with Gasteiger partial charge >= 0.3 is 5.97 Å². The van der Waals surface area contributed by atoms with Gasteiger partial charge in [-0.15, -0.1) is 0 Å². The van der Waals surface area contributed by atoms with Gasteiger partial charge in [0.15, 0.2) is 0 Å². The highest BCUT2D eigenvalue weighted by molar-refractivity contribution is 5.74. The van der Waals surface area contributed by atoms with Gasteiger partial charge in [0.2, 0.25) is 6.17 Å². The number of rotatable bonds is 2. The van der Waals surface area contributed by atoms with E-state index in [1.807, 2.05) is 0 Å². The number of hydrogen-bond acceptors (Lipinski definition) is 3. The van der Waals surface area contributed by atoms with E-state index in [1.165, 1.54) is 6.92 Å². The SMILES string of the molecule is COC(=O)C(F)C(C)O. The van der Waals surface area contributed by atoms with Gasteiger partial charge in [-0.25, -0.2) is 9.18 Å². The monoisotopic (exact) mass is 136 g/mol. The Morgan fingerprint density at radius 3 is 2.33 bits per heavy atom. The van der Waals surface area contributed by atoms with Crippen LogP contribution in [0.1, 0.15) is 6.92 Å². The van der Waals surface area contributed by atoms with Crippen molar-refractivity contribution in [1.29, 1.82) is 0 Å². The maximum atomic E-state index is 12.2. The van der Waals surface area contributed by atoms with Crippen LogP contribution in [0.5, 0.6) is 0 Å². The Kier molecular flexibility index (Phi) is 3.16. The molecule has 0 spiro atoms. The van der Waals surface area contributed by atoms with E-state index in [0.717, 1.165) is 7.11 Å². The molecule has 9 heavy (non-hydrogen) atoms. The summed E-state index contributed by atoms with van der Waals surface area (Å²) in [6.07, 6.45) is -3.22. The number of alkyl halides is 1. The Bertz CT molecular complexity index is 102. The van der Waals surface area contributed by atoms with Gasteiger partial charge in [-0.2, -0.15) is 0 Å². The Hall–Kier alpha value is -0.640. The summed E-state index contributed by atoms with van der Waals surface area (Å²) in [5.41, 5.74) is 0. The lowest BCUT2D eigenvalue weighted by molar-refractivity contribution is -0.150. The Balaban J connectivity index is 3.72. The average Bonchev–Trinajstić information content (AvgIpc) is 1.84. The first-order valence-corrected chi connectivity index (χ1v) is 2.49. The second-order valence-corrected chi connectivity index (χ2v) is 1.67. The first-order valence-electron chi connectivity index (χ1n) is 2.49. The first kappa shape index (κ1) is 8.36. The molecule has 0 rings (SSSR count). The molecule has 0 aromatic heterocycles. The lowest BCUT2D eigenvalue weighted by Gasteiger charge is -2.06. The zero-order valence-electron chi connectivity index (χ0n) is 5.30. The van der Waals surface area contributed by atoms with Crippen LogP contribution in [0.4, 0.5) is 4.39 Å². The van der Waals surface area contributed by atoms with E-state index in [9.17, 15) is 9.18 Å². The Labute approximate surface area is 52.4 Å². The van der Waals surface area contributed by atoms with Crippen molar-refractivity contribution in [3.63, 3.8) is 0 Å². The molecule has 0 aromatic rings. The van der Waals surface area contributed by atoms with Crippen molar-refractivity contribution >= 4 is 5.97 Å². The average molecular weight is 136 g/mol. The molecular formula is C5H9FO3. The fourth-order valence-corrected chi connectivity index (χ4v) is 0.310. The van der Waals surface area contributed by atoms with Gasteiger partial charge in [0.25, 0.3) is 0 Å². The zero-order valence-corrected chi connectivity index (χ0v) is 5.30. The number of aliphatic hydroxyl groups excluding tert-OH is 1. The lowest BCUT2D eigenvalue weighted by Crippen LogP contribution is -2.28. The molecule has 0 bridgehead atoms. The van der Waals surface area contributed by atoms with Crippen LogP contribution in [-0.2, 0) is 9.53 Å². The molecule has 3 nitrogen and oxygen atoms in total. The van der Waals surface area contributed by atoms with Crippen LogP contribution in [-0.4, -0.2) is 30.5 Å². The number of ether oxygens (including phenoxy) is 1. The molecule has 4 heteroatoms. The minimum Gasteiger partial charge on any atom is -0.467 e. The summed E-state index contributed by atoms with van der Waals surface area (Å²) in [4.78, 5) is 10.2. The molecule has 0 fully saturated rings. The van der Waals surface area contributed by atoms with Crippen molar-refractivity contribution in [3.8, 4) is 0 Å². The van der Waals surface area contributed by atoms with Crippen LogP contribution in [0.3, 0.4) is 0 Å². The third-order valence-electron chi connectivity index (χ3n) is 0.850. The van der Waals surface area contributed by atoms with Gasteiger partial charge < -0.3 is 9.84 Å². The maximum absolute atomic E-state index is 12.2. The third-order valence-corrected chi connectivity index (χ3v) is 0.850. The normalized spacial score (nSPS) is 16.4. The third kappa shape index (κ3) is 2.41. The molecule has 2 unspecified atom stereocenters. The van der Waals surface area contributed by atoms with Gasteiger partial charge in [0, 0.05) is 0 Å². The fraction of sp³-hybridized carbons (Fsp3) is 0.800. The molecule has 2 atom stereocenters. The molecule has 0 radical (unpaired) electrons. The summed E-state index contributed by atoms with van der Waals surface area (Å²) < 4.78 is 16.2. The molecule has 0 heterocycles. The van der Waals surface area contributed by atoms with Crippen LogP contribution in [0, 0.1) is 0 Å². The molecule has 0 amide bonds. The van der Waals surface area contributed by atoms with Crippen LogP contribution in [0.15, 0.2) is 0 Å². The summed E-state index contributed by atoms with van der Waals surface area (Å²) in [5, 5.41) is 8.45. The number of hydrogen-bond donors (Lipinski definition) is 1. The summed E-state index contributed by atoms with van der Waals surface area (Å²) >= 11 is 0. The van der Waals surface area contributed by atoms with E-state index in [-0.39, 0.29) is 0 Å². The van der Waals surface area contributed by atoms with Crippen LogP contribution < -0.4 is 0 Å². The summed E-state index contributed by atoms with van der Waals surface area (Å²) in [6.45, 7) is 1.18. The number of esters is 1. The Morgan fingerprint density at radius 2 is 2.22 bits per heavy atom. The van der Waals surface area contributed by atoms with Gasteiger partial charge in [-0.05, 0) is 6.92 Å². The fourth-order valence-electron chi connectivity index (χ4n) is 0.310. The van der Waals surface area contributed by atoms with Gasteiger partial charge in [0.05, 0.1) is 13.2 Å². The van der Waals surface area contributed by atoms with E-state index in [1.54, 1.807) is 0 Å². The van der Waals surface area contributed by atoms with Crippen molar-refractivity contribution < 1.29 is 19.0 Å². The van der Waals surface area contributed by atoms with E-state index < -0.39 is 18.2 Å². The minimum absolute atomic E-state index is 1.04.